The number of nitrogens with two attached hydrogens (primary N) is 1. The number of rotatable bonds is 2. The van der Waals surface area contributed by atoms with Gasteiger partial charge in [-0.1, -0.05) is 0 Å². The molecule has 0 atom stereocenters. The van der Waals surface area contributed by atoms with Crippen LogP contribution in [0, 0.1) is 0 Å². The highest BCUT2D eigenvalue weighted by atomic mass is 79.9. The maximum absolute atomic E-state index is 10.9. The fourth-order valence-corrected chi connectivity index (χ4v) is 2.40. The third kappa shape index (κ3) is 3.04. The van der Waals surface area contributed by atoms with Crippen molar-refractivity contribution in [2.45, 2.75) is 6.92 Å². The first-order chi connectivity index (χ1) is 6.91. The Morgan fingerprint density at radius 2 is 1.73 bits per heavy atom. The summed E-state index contributed by atoms with van der Waals surface area (Å²) in [7, 11) is 0. The van der Waals surface area contributed by atoms with Crippen LogP contribution in [-0.2, 0) is 4.79 Å². The number of hydrogen-bond donors (Lipinski definition) is 2. The first-order valence-corrected chi connectivity index (χ1v) is 5.57. The molecule has 4 nitrogen and oxygen atoms in total. The zero-order valence-corrected chi connectivity index (χ0v) is 11.0. The predicted octanol–water partition coefficient (Wildman–Crippen LogP) is 2.27. The van der Waals surface area contributed by atoms with Gasteiger partial charge >= 0.3 is 0 Å². The van der Waals surface area contributed by atoms with Crippen molar-refractivity contribution in [2.75, 3.05) is 5.32 Å². The molecule has 0 aliphatic heterocycles. The van der Waals surface area contributed by atoms with E-state index >= 15 is 0 Å². The lowest BCUT2D eigenvalue weighted by Gasteiger charge is -2.09. The number of hydrogen-bond acceptors (Lipinski definition) is 2. The van der Waals surface area contributed by atoms with E-state index in [0.29, 0.717) is 20.2 Å². The fraction of sp³-hybridized carbons (Fsp3) is 0.111. The molecule has 0 unspecified atom stereocenters. The van der Waals surface area contributed by atoms with Gasteiger partial charge in [-0.3, -0.25) is 9.59 Å². The number of anilines is 1. The van der Waals surface area contributed by atoms with E-state index in [9.17, 15) is 9.59 Å². The van der Waals surface area contributed by atoms with Crippen molar-refractivity contribution >= 4 is 49.4 Å². The van der Waals surface area contributed by atoms with Crippen molar-refractivity contribution in [2.24, 2.45) is 5.73 Å². The van der Waals surface area contributed by atoms with E-state index in [1.54, 1.807) is 12.1 Å². The Morgan fingerprint density at radius 3 is 2.07 bits per heavy atom. The Balaban J connectivity index is 3.21. The number of benzene rings is 1. The average Bonchev–Trinajstić information content (AvgIpc) is 2.10. The number of halogens is 2. The van der Waals surface area contributed by atoms with Crippen LogP contribution in [0.5, 0.6) is 0 Å². The molecular weight excluding hydrogens is 328 g/mol. The molecule has 1 aromatic rings. The molecule has 3 N–H and O–H groups in total. The Kier molecular flexibility index (Phi) is 3.87. The van der Waals surface area contributed by atoms with Crippen molar-refractivity contribution in [1.82, 2.24) is 0 Å². The molecule has 0 heterocycles. The average molecular weight is 336 g/mol. The van der Waals surface area contributed by atoms with Gasteiger partial charge in [0.25, 0.3) is 0 Å². The van der Waals surface area contributed by atoms with Gasteiger partial charge in [0, 0.05) is 21.4 Å². The first-order valence-electron chi connectivity index (χ1n) is 3.98. The van der Waals surface area contributed by atoms with Gasteiger partial charge in [0.15, 0.2) is 0 Å². The van der Waals surface area contributed by atoms with Crippen LogP contribution in [0.3, 0.4) is 0 Å². The minimum Gasteiger partial charge on any atom is -0.366 e. The second kappa shape index (κ2) is 4.76. The van der Waals surface area contributed by atoms with Gasteiger partial charge in [-0.25, -0.2) is 0 Å². The number of carbonyl (C=O) groups excluding carboxylic acids is 2. The summed E-state index contributed by atoms with van der Waals surface area (Å²) in [6.07, 6.45) is 0. The van der Waals surface area contributed by atoms with Crippen LogP contribution in [0.25, 0.3) is 0 Å². The summed E-state index contributed by atoms with van der Waals surface area (Å²) in [4.78, 5) is 21.8. The Labute approximate surface area is 103 Å². The van der Waals surface area contributed by atoms with Gasteiger partial charge in [0.05, 0.1) is 5.69 Å². The van der Waals surface area contributed by atoms with Crippen LogP contribution in [0.1, 0.15) is 17.3 Å². The van der Waals surface area contributed by atoms with Crippen LogP contribution in [0.2, 0.25) is 0 Å². The monoisotopic (exact) mass is 334 g/mol. The highest BCUT2D eigenvalue weighted by Gasteiger charge is 2.11. The summed E-state index contributed by atoms with van der Waals surface area (Å²) in [5, 5.41) is 2.62. The predicted molar refractivity (Wildman–Crippen MR) is 64.7 cm³/mol. The molecule has 0 saturated heterocycles. The summed E-state index contributed by atoms with van der Waals surface area (Å²) in [6, 6.07) is 3.11. The largest absolute Gasteiger partial charge is 0.366 e. The number of nitrogens with one attached hydrogen (secondary N) is 1. The normalized spacial score (nSPS) is 9.80. The molecule has 1 rings (SSSR count). The van der Waals surface area contributed by atoms with Crippen LogP contribution < -0.4 is 11.1 Å². The lowest BCUT2D eigenvalue weighted by atomic mass is 10.2. The summed E-state index contributed by atoms with van der Waals surface area (Å²) in [6.45, 7) is 1.40. The van der Waals surface area contributed by atoms with Crippen molar-refractivity contribution < 1.29 is 9.59 Å². The molecule has 6 heteroatoms. The molecule has 0 fully saturated rings. The minimum atomic E-state index is -0.522. The van der Waals surface area contributed by atoms with E-state index in [-0.39, 0.29) is 5.91 Å². The van der Waals surface area contributed by atoms with Gasteiger partial charge < -0.3 is 11.1 Å². The molecule has 0 spiro atoms. The number of primary amides is 1. The van der Waals surface area contributed by atoms with Crippen LogP contribution in [0.4, 0.5) is 5.69 Å². The molecule has 0 aliphatic rings. The lowest BCUT2D eigenvalue weighted by molar-refractivity contribution is -0.114. The SMILES string of the molecule is CC(=O)Nc1c(Br)cc(C(N)=O)cc1Br. The lowest BCUT2D eigenvalue weighted by Crippen LogP contribution is -2.12. The van der Waals surface area contributed by atoms with E-state index in [2.05, 4.69) is 37.2 Å². The van der Waals surface area contributed by atoms with E-state index in [1.807, 2.05) is 0 Å². The topological polar surface area (TPSA) is 72.2 Å². The van der Waals surface area contributed by atoms with E-state index in [1.165, 1.54) is 6.92 Å². The van der Waals surface area contributed by atoms with E-state index < -0.39 is 5.91 Å². The molecule has 0 aliphatic carbocycles. The Hall–Kier alpha value is -0.880. The zero-order chi connectivity index (χ0) is 11.6. The quantitative estimate of drug-likeness (QED) is 0.870. The maximum atomic E-state index is 10.9. The van der Waals surface area contributed by atoms with Gasteiger partial charge in [-0.2, -0.15) is 0 Å². The molecule has 0 radical (unpaired) electrons. The standard InChI is InChI=1S/C9H8Br2N2O2/c1-4(14)13-8-6(10)2-5(9(12)15)3-7(8)11/h2-3H,1H3,(H2,12,15)(H,13,14). The smallest absolute Gasteiger partial charge is 0.248 e. The molecule has 0 bridgehead atoms. The fourth-order valence-electron chi connectivity index (χ4n) is 1.01. The summed E-state index contributed by atoms with van der Waals surface area (Å²) >= 11 is 6.48. The molecule has 0 aromatic heterocycles. The molecule has 0 saturated carbocycles. The van der Waals surface area contributed by atoms with Crippen molar-refractivity contribution in [1.29, 1.82) is 0 Å². The van der Waals surface area contributed by atoms with Gasteiger partial charge in [0.1, 0.15) is 0 Å². The number of carbonyl (C=O) groups is 2. The highest BCUT2D eigenvalue weighted by molar-refractivity contribution is 9.11. The Morgan fingerprint density at radius 1 is 1.27 bits per heavy atom. The summed E-state index contributed by atoms with van der Waals surface area (Å²) < 4.78 is 1.20. The van der Waals surface area contributed by atoms with Crippen molar-refractivity contribution in [3.63, 3.8) is 0 Å². The second-order valence-electron chi connectivity index (χ2n) is 2.86. The van der Waals surface area contributed by atoms with Crippen molar-refractivity contribution in [3.8, 4) is 0 Å². The Bertz CT molecular complexity index is 409. The molecule has 15 heavy (non-hydrogen) atoms. The van der Waals surface area contributed by atoms with Gasteiger partial charge in [0.2, 0.25) is 11.8 Å². The number of amides is 2. The van der Waals surface area contributed by atoms with Crippen LogP contribution >= 0.6 is 31.9 Å². The zero-order valence-electron chi connectivity index (χ0n) is 7.80. The van der Waals surface area contributed by atoms with Crippen molar-refractivity contribution in [3.05, 3.63) is 26.6 Å². The molecule has 1 aromatic carbocycles. The molecule has 2 amide bonds. The molecule has 80 valence electrons. The third-order valence-corrected chi connectivity index (χ3v) is 2.88. The highest BCUT2D eigenvalue weighted by Crippen LogP contribution is 2.32. The first kappa shape index (κ1) is 12.2. The van der Waals surface area contributed by atoms with E-state index in [0.717, 1.165) is 0 Å². The van der Waals surface area contributed by atoms with Gasteiger partial charge in [-0.05, 0) is 44.0 Å². The van der Waals surface area contributed by atoms with Gasteiger partial charge in [-0.15, -0.1) is 0 Å². The summed E-state index contributed by atoms with van der Waals surface area (Å²) in [5.74, 6) is -0.714. The maximum Gasteiger partial charge on any atom is 0.248 e. The van der Waals surface area contributed by atoms with Crippen LogP contribution in [0.15, 0.2) is 21.1 Å². The third-order valence-electron chi connectivity index (χ3n) is 1.63. The van der Waals surface area contributed by atoms with Crippen LogP contribution in [-0.4, -0.2) is 11.8 Å². The minimum absolute atomic E-state index is 0.191. The summed E-state index contributed by atoms with van der Waals surface area (Å²) in [5.41, 5.74) is 6.08. The molecular formula is C9H8Br2N2O2. The second-order valence-corrected chi connectivity index (χ2v) is 4.57. The van der Waals surface area contributed by atoms with E-state index in [4.69, 9.17) is 5.73 Å².